The second-order valence-electron chi connectivity index (χ2n) is 4.93. The van der Waals surface area contributed by atoms with Crippen LogP contribution in [-0.2, 0) is 0 Å². The third-order valence-electron chi connectivity index (χ3n) is 3.49. The normalized spacial score (nSPS) is 12.2. The maximum absolute atomic E-state index is 13.1. The minimum atomic E-state index is -0.226. The van der Waals surface area contributed by atoms with E-state index >= 15 is 0 Å². The average Bonchev–Trinajstić information content (AvgIpc) is 2.46. The first kappa shape index (κ1) is 14.5. The first-order valence-electron chi connectivity index (χ1n) is 6.75. The average molecular weight is 273 g/mol. The highest BCUT2D eigenvalue weighted by atomic mass is 19.1. The molecule has 0 saturated carbocycles. The molecule has 0 aliphatic heterocycles. The minimum Gasteiger partial charge on any atom is -0.496 e. The first-order chi connectivity index (χ1) is 9.65. The van der Waals surface area contributed by atoms with Crippen LogP contribution < -0.4 is 10.5 Å². The van der Waals surface area contributed by atoms with Gasteiger partial charge in [0.2, 0.25) is 0 Å². The molecule has 2 nitrogen and oxygen atoms in total. The summed E-state index contributed by atoms with van der Waals surface area (Å²) in [6.45, 7) is 2.62. The van der Waals surface area contributed by atoms with Crippen LogP contribution in [0.1, 0.15) is 29.0 Å². The largest absolute Gasteiger partial charge is 0.496 e. The Balaban J connectivity index is 2.47. The van der Waals surface area contributed by atoms with Gasteiger partial charge in [0.05, 0.1) is 7.11 Å². The molecule has 106 valence electrons. The minimum absolute atomic E-state index is 0.121. The van der Waals surface area contributed by atoms with Gasteiger partial charge in [-0.05, 0) is 43.7 Å². The number of aryl methyl sites for hydroxylation is 1. The molecule has 20 heavy (non-hydrogen) atoms. The van der Waals surface area contributed by atoms with E-state index < -0.39 is 0 Å². The molecule has 0 radical (unpaired) electrons. The molecule has 1 unspecified atom stereocenters. The van der Waals surface area contributed by atoms with E-state index in [0.717, 1.165) is 23.3 Å². The zero-order chi connectivity index (χ0) is 14.5. The summed E-state index contributed by atoms with van der Waals surface area (Å²) in [5, 5.41) is 0. The van der Waals surface area contributed by atoms with Gasteiger partial charge in [-0.1, -0.05) is 29.8 Å². The topological polar surface area (TPSA) is 35.2 Å². The highest BCUT2D eigenvalue weighted by Crippen LogP contribution is 2.34. The van der Waals surface area contributed by atoms with Crippen molar-refractivity contribution in [3.63, 3.8) is 0 Å². The predicted octanol–water partition coefficient (Wildman–Crippen LogP) is 3.62. The Labute approximate surface area is 119 Å². The Hall–Kier alpha value is -1.87. The van der Waals surface area contributed by atoms with Crippen molar-refractivity contribution in [3.8, 4) is 5.75 Å². The summed E-state index contributed by atoms with van der Waals surface area (Å²) >= 11 is 0. The van der Waals surface area contributed by atoms with Crippen molar-refractivity contribution in [2.24, 2.45) is 5.73 Å². The van der Waals surface area contributed by atoms with Crippen LogP contribution in [0.5, 0.6) is 5.75 Å². The molecule has 0 aliphatic rings. The SMILES string of the molecule is COc1ccc(C)cc1C(CCN)c1ccc(F)cc1. The van der Waals surface area contributed by atoms with Crippen LogP contribution in [-0.4, -0.2) is 13.7 Å². The van der Waals surface area contributed by atoms with Gasteiger partial charge in [-0.3, -0.25) is 0 Å². The summed E-state index contributed by atoms with van der Waals surface area (Å²) in [5.74, 6) is 0.741. The molecule has 2 rings (SSSR count). The molecule has 3 heteroatoms. The third kappa shape index (κ3) is 3.17. The van der Waals surface area contributed by atoms with E-state index in [1.54, 1.807) is 7.11 Å². The lowest BCUT2D eigenvalue weighted by atomic mass is 9.87. The van der Waals surface area contributed by atoms with Gasteiger partial charge in [-0.25, -0.2) is 4.39 Å². The molecule has 0 fully saturated rings. The second-order valence-corrected chi connectivity index (χ2v) is 4.93. The van der Waals surface area contributed by atoms with Crippen molar-refractivity contribution in [1.82, 2.24) is 0 Å². The van der Waals surface area contributed by atoms with Gasteiger partial charge in [0.1, 0.15) is 11.6 Å². The van der Waals surface area contributed by atoms with Gasteiger partial charge in [0, 0.05) is 11.5 Å². The lowest BCUT2D eigenvalue weighted by Crippen LogP contribution is -2.10. The van der Waals surface area contributed by atoms with E-state index in [4.69, 9.17) is 10.5 Å². The number of rotatable bonds is 5. The van der Waals surface area contributed by atoms with E-state index in [1.807, 2.05) is 31.2 Å². The molecular weight excluding hydrogens is 253 g/mol. The van der Waals surface area contributed by atoms with Crippen LogP contribution in [0.25, 0.3) is 0 Å². The van der Waals surface area contributed by atoms with Crippen molar-refractivity contribution in [3.05, 3.63) is 65.0 Å². The molecule has 0 amide bonds. The van der Waals surface area contributed by atoms with Crippen LogP contribution in [0, 0.1) is 12.7 Å². The molecule has 0 aromatic heterocycles. The van der Waals surface area contributed by atoms with Crippen LogP contribution in [0.2, 0.25) is 0 Å². The smallest absolute Gasteiger partial charge is 0.123 e. The van der Waals surface area contributed by atoms with Crippen LogP contribution in [0.4, 0.5) is 4.39 Å². The van der Waals surface area contributed by atoms with E-state index in [-0.39, 0.29) is 11.7 Å². The number of hydrogen-bond donors (Lipinski definition) is 1. The van der Waals surface area contributed by atoms with E-state index in [0.29, 0.717) is 6.54 Å². The van der Waals surface area contributed by atoms with Gasteiger partial charge >= 0.3 is 0 Å². The highest BCUT2D eigenvalue weighted by Gasteiger charge is 2.18. The number of nitrogens with two attached hydrogens (primary N) is 1. The predicted molar refractivity (Wildman–Crippen MR) is 79.6 cm³/mol. The lowest BCUT2D eigenvalue weighted by molar-refractivity contribution is 0.406. The van der Waals surface area contributed by atoms with E-state index in [9.17, 15) is 4.39 Å². The summed E-state index contributed by atoms with van der Waals surface area (Å²) in [7, 11) is 1.67. The quantitative estimate of drug-likeness (QED) is 0.903. The molecule has 0 saturated heterocycles. The zero-order valence-corrected chi connectivity index (χ0v) is 11.9. The molecule has 0 heterocycles. The number of halogens is 1. The van der Waals surface area contributed by atoms with Gasteiger partial charge in [-0.15, -0.1) is 0 Å². The van der Waals surface area contributed by atoms with Gasteiger partial charge in [0.25, 0.3) is 0 Å². The summed E-state index contributed by atoms with van der Waals surface area (Å²) < 4.78 is 18.6. The molecule has 0 aliphatic carbocycles. The zero-order valence-electron chi connectivity index (χ0n) is 11.9. The third-order valence-corrected chi connectivity index (χ3v) is 3.49. The molecular formula is C17H20FNO. The number of ether oxygens (including phenoxy) is 1. The standard InChI is InChI=1S/C17H20FNO/c1-12-3-8-17(20-2)16(11-12)15(9-10-19)13-4-6-14(18)7-5-13/h3-8,11,15H,9-10,19H2,1-2H3. The molecule has 0 spiro atoms. The summed E-state index contributed by atoms with van der Waals surface area (Å²) in [5.41, 5.74) is 9.08. The summed E-state index contributed by atoms with van der Waals surface area (Å²) in [6.07, 6.45) is 0.797. The second kappa shape index (κ2) is 6.53. The molecule has 1 atom stereocenters. The first-order valence-corrected chi connectivity index (χ1v) is 6.75. The van der Waals surface area contributed by atoms with Crippen molar-refractivity contribution in [2.45, 2.75) is 19.3 Å². The van der Waals surface area contributed by atoms with Crippen LogP contribution in [0.3, 0.4) is 0 Å². The molecule has 2 N–H and O–H groups in total. The van der Waals surface area contributed by atoms with Crippen molar-refractivity contribution < 1.29 is 9.13 Å². The maximum atomic E-state index is 13.1. The molecule has 2 aromatic rings. The van der Waals surface area contributed by atoms with Gasteiger partial charge < -0.3 is 10.5 Å². The van der Waals surface area contributed by atoms with E-state index in [1.165, 1.54) is 17.7 Å². The molecule has 2 aromatic carbocycles. The summed E-state index contributed by atoms with van der Waals surface area (Å²) in [4.78, 5) is 0. The maximum Gasteiger partial charge on any atom is 0.123 e. The Morgan fingerprint density at radius 1 is 1.15 bits per heavy atom. The van der Waals surface area contributed by atoms with Gasteiger partial charge in [-0.2, -0.15) is 0 Å². The number of methoxy groups -OCH3 is 1. The fourth-order valence-corrected chi connectivity index (χ4v) is 2.49. The van der Waals surface area contributed by atoms with E-state index in [2.05, 4.69) is 6.07 Å². The number of hydrogen-bond acceptors (Lipinski definition) is 2. The Bertz CT molecular complexity index is 566. The summed E-state index contributed by atoms with van der Waals surface area (Å²) in [6, 6.07) is 12.7. The Kier molecular flexibility index (Phi) is 4.74. The number of benzene rings is 2. The van der Waals surface area contributed by atoms with Crippen molar-refractivity contribution in [1.29, 1.82) is 0 Å². The Morgan fingerprint density at radius 3 is 2.45 bits per heavy atom. The lowest BCUT2D eigenvalue weighted by Gasteiger charge is -2.20. The highest BCUT2D eigenvalue weighted by molar-refractivity contribution is 5.44. The van der Waals surface area contributed by atoms with Crippen molar-refractivity contribution in [2.75, 3.05) is 13.7 Å². The molecule has 0 bridgehead atoms. The van der Waals surface area contributed by atoms with Gasteiger partial charge in [0.15, 0.2) is 0 Å². The Morgan fingerprint density at radius 2 is 1.85 bits per heavy atom. The monoisotopic (exact) mass is 273 g/mol. The van der Waals surface area contributed by atoms with Crippen LogP contribution in [0.15, 0.2) is 42.5 Å². The van der Waals surface area contributed by atoms with Crippen molar-refractivity contribution >= 4 is 0 Å². The van der Waals surface area contributed by atoms with Crippen LogP contribution >= 0.6 is 0 Å². The fourth-order valence-electron chi connectivity index (χ4n) is 2.49. The fraction of sp³-hybridized carbons (Fsp3) is 0.294.